The Hall–Kier alpha value is -4.49. The second-order valence-electron chi connectivity index (χ2n) is 10.4. The quantitative estimate of drug-likeness (QED) is 0.155. The first-order valence-corrected chi connectivity index (χ1v) is 15.4. The number of aliphatic carboxylic acids is 2. The molecule has 1 aliphatic rings. The van der Waals surface area contributed by atoms with Crippen LogP contribution in [0.1, 0.15) is 24.1 Å². The summed E-state index contributed by atoms with van der Waals surface area (Å²) in [4.78, 5) is 36.5. The van der Waals surface area contributed by atoms with Gasteiger partial charge in [0, 0.05) is 22.7 Å². The van der Waals surface area contributed by atoms with Crippen molar-refractivity contribution in [2.24, 2.45) is 5.92 Å². The highest BCUT2D eigenvalue weighted by Crippen LogP contribution is 2.27. The summed E-state index contributed by atoms with van der Waals surface area (Å²) in [5.41, 5.74) is 4.50. The summed E-state index contributed by atoms with van der Waals surface area (Å²) in [7, 11) is -1.85. The molecule has 4 rings (SSSR count). The summed E-state index contributed by atoms with van der Waals surface area (Å²) >= 11 is 0. The number of carboxylic acids is 2. The van der Waals surface area contributed by atoms with E-state index < -0.39 is 52.0 Å². The number of fused-ring (bicyclic) bond motifs is 1. The van der Waals surface area contributed by atoms with Gasteiger partial charge in [0.15, 0.2) is 9.84 Å². The van der Waals surface area contributed by atoms with Gasteiger partial charge in [-0.05, 0) is 69.8 Å². The standard InChI is InChI=1S/C25H29N3O5S.2C2HF3O2/c1-17-14-18(21-6-3-4-8-23(21)26-17)15-33-19-9-11-20(12-10-19)34(31,32)16-24-22(25(29)27-30)7-5-13-28(24)2;2*3-2(4,5)1(6)7/h3-4,6,8-12,14,22,24,30H,5,7,13,15-16H2,1-2H3,(H,27,29);2*(H,6,7)/t22-,24-;;/m0../s1. The Bertz CT molecular complexity index is 1660. The first-order chi connectivity index (χ1) is 22.2. The zero-order valence-electron chi connectivity index (χ0n) is 25.2. The van der Waals surface area contributed by atoms with Gasteiger partial charge in [0.25, 0.3) is 0 Å². The Morgan fingerprint density at radius 1 is 0.979 bits per heavy atom. The van der Waals surface area contributed by atoms with Crippen molar-refractivity contribution < 1.29 is 69.3 Å². The van der Waals surface area contributed by atoms with Crippen LogP contribution in [0.5, 0.6) is 5.75 Å². The number of hydroxylamine groups is 1. The summed E-state index contributed by atoms with van der Waals surface area (Å²) in [6.45, 7) is 2.97. The lowest BCUT2D eigenvalue weighted by Gasteiger charge is -2.37. The molecule has 1 aliphatic heterocycles. The molecule has 1 saturated heterocycles. The number of nitrogens with zero attached hydrogens (tertiary/aromatic N) is 2. The number of pyridine rings is 1. The van der Waals surface area contributed by atoms with E-state index in [2.05, 4.69) is 4.98 Å². The van der Waals surface area contributed by atoms with E-state index >= 15 is 0 Å². The minimum atomic E-state index is -5.08. The number of halogens is 6. The van der Waals surface area contributed by atoms with Crippen LogP contribution in [-0.2, 0) is 30.8 Å². The Morgan fingerprint density at radius 2 is 1.52 bits per heavy atom. The van der Waals surface area contributed by atoms with E-state index in [1.54, 1.807) is 24.7 Å². The van der Waals surface area contributed by atoms with E-state index in [0.717, 1.165) is 28.6 Å². The molecule has 0 saturated carbocycles. The molecule has 48 heavy (non-hydrogen) atoms. The number of nitrogens with one attached hydrogen (secondary N) is 1. The molecule has 19 heteroatoms. The number of sulfone groups is 1. The van der Waals surface area contributed by atoms with Gasteiger partial charge in [0.1, 0.15) is 12.4 Å². The third-order valence-electron chi connectivity index (χ3n) is 6.89. The maximum Gasteiger partial charge on any atom is 0.490 e. The number of piperidine rings is 1. The Morgan fingerprint density at radius 3 is 2.04 bits per heavy atom. The number of hydrogen-bond acceptors (Lipinski definition) is 9. The summed E-state index contributed by atoms with van der Waals surface area (Å²) in [6.07, 6.45) is -8.86. The summed E-state index contributed by atoms with van der Waals surface area (Å²) in [5.74, 6) is -6.29. The van der Waals surface area contributed by atoms with E-state index in [1.165, 1.54) is 12.1 Å². The molecule has 0 spiro atoms. The number of carbonyl (C=O) groups is 3. The minimum Gasteiger partial charge on any atom is -0.489 e. The molecule has 1 aromatic heterocycles. The van der Waals surface area contributed by atoms with Gasteiger partial charge in [-0.15, -0.1) is 0 Å². The summed E-state index contributed by atoms with van der Waals surface area (Å²) in [5, 5.41) is 24.3. The number of aryl methyl sites for hydroxylation is 1. The van der Waals surface area contributed by atoms with Gasteiger partial charge >= 0.3 is 24.3 Å². The number of rotatable bonds is 7. The van der Waals surface area contributed by atoms with Crippen molar-refractivity contribution in [3.05, 3.63) is 65.9 Å². The van der Waals surface area contributed by atoms with Crippen molar-refractivity contribution in [2.45, 2.75) is 49.7 Å². The number of amides is 1. The Balaban J connectivity index is 0.000000479. The smallest absolute Gasteiger partial charge is 0.489 e. The number of aromatic nitrogens is 1. The first-order valence-electron chi connectivity index (χ1n) is 13.7. The van der Waals surface area contributed by atoms with Gasteiger partial charge in [0.05, 0.1) is 22.1 Å². The van der Waals surface area contributed by atoms with E-state index in [4.69, 9.17) is 29.7 Å². The molecular weight excluding hydrogens is 680 g/mol. The normalized spacial score (nSPS) is 16.9. The molecule has 0 unspecified atom stereocenters. The molecule has 1 fully saturated rings. The molecule has 0 radical (unpaired) electrons. The van der Waals surface area contributed by atoms with Crippen LogP contribution in [0.25, 0.3) is 10.9 Å². The third kappa shape index (κ3) is 11.6. The molecule has 0 bridgehead atoms. The molecule has 2 aromatic carbocycles. The summed E-state index contributed by atoms with van der Waals surface area (Å²) in [6, 6.07) is 15.7. The van der Waals surface area contributed by atoms with Crippen molar-refractivity contribution in [3.63, 3.8) is 0 Å². The van der Waals surface area contributed by atoms with Crippen LogP contribution in [0, 0.1) is 12.8 Å². The van der Waals surface area contributed by atoms with Crippen LogP contribution in [0.4, 0.5) is 26.3 Å². The number of ether oxygens (including phenoxy) is 1. The van der Waals surface area contributed by atoms with Crippen LogP contribution in [0.2, 0.25) is 0 Å². The van der Waals surface area contributed by atoms with Gasteiger partial charge in [-0.25, -0.2) is 23.5 Å². The van der Waals surface area contributed by atoms with Crippen molar-refractivity contribution in [3.8, 4) is 5.75 Å². The van der Waals surface area contributed by atoms with Gasteiger partial charge in [-0.3, -0.25) is 15.0 Å². The molecule has 2 atom stereocenters. The number of hydrogen-bond donors (Lipinski definition) is 4. The fourth-order valence-electron chi connectivity index (χ4n) is 4.60. The fourth-order valence-corrected chi connectivity index (χ4v) is 6.28. The molecule has 264 valence electrons. The van der Waals surface area contributed by atoms with E-state index in [1.807, 2.05) is 42.2 Å². The third-order valence-corrected chi connectivity index (χ3v) is 8.66. The maximum atomic E-state index is 13.1. The second kappa shape index (κ2) is 16.6. The molecule has 4 N–H and O–H groups in total. The van der Waals surface area contributed by atoms with E-state index in [0.29, 0.717) is 25.3 Å². The first kappa shape index (κ1) is 39.7. The molecule has 3 aromatic rings. The number of carboxylic acid groups (broad SMARTS) is 2. The van der Waals surface area contributed by atoms with Gasteiger partial charge < -0.3 is 19.8 Å². The molecule has 2 heterocycles. The number of para-hydroxylation sites is 1. The number of benzene rings is 2. The van der Waals surface area contributed by atoms with Gasteiger partial charge in [0.2, 0.25) is 5.91 Å². The largest absolute Gasteiger partial charge is 0.490 e. The Labute approximate surface area is 269 Å². The molecular formula is C29H31F6N3O9S. The van der Waals surface area contributed by atoms with Crippen LogP contribution in [0.3, 0.4) is 0 Å². The Kier molecular flexibility index (Phi) is 13.7. The molecule has 12 nitrogen and oxygen atoms in total. The summed E-state index contributed by atoms with van der Waals surface area (Å²) < 4.78 is 95.6. The van der Waals surface area contributed by atoms with Crippen molar-refractivity contribution in [2.75, 3.05) is 19.3 Å². The average molecular weight is 712 g/mol. The van der Waals surface area contributed by atoms with E-state index in [-0.39, 0.29) is 10.6 Å². The lowest BCUT2D eigenvalue weighted by atomic mass is 9.90. The molecule has 0 aliphatic carbocycles. The van der Waals surface area contributed by atoms with Gasteiger partial charge in [-0.1, -0.05) is 18.2 Å². The second-order valence-corrected chi connectivity index (χ2v) is 12.4. The van der Waals surface area contributed by atoms with Crippen molar-refractivity contribution >= 4 is 38.6 Å². The monoisotopic (exact) mass is 711 g/mol. The predicted octanol–water partition coefficient (Wildman–Crippen LogP) is 4.38. The number of likely N-dealkylation sites (tertiary alicyclic amines) is 1. The van der Waals surface area contributed by atoms with Crippen molar-refractivity contribution in [1.29, 1.82) is 0 Å². The highest BCUT2D eigenvalue weighted by molar-refractivity contribution is 7.91. The van der Waals surface area contributed by atoms with Crippen LogP contribution < -0.4 is 10.2 Å². The topological polar surface area (TPSA) is 183 Å². The average Bonchev–Trinajstić information content (AvgIpc) is 3.00. The van der Waals surface area contributed by atoms with Gasteiger partial charge in [-0.2, -0.15) is 26.3 Å². The number of carbonyl (C=O) groups excluding carboxylic acids is 1. The zero-order valence-corrected chi connectivity index (χ0v) is 26.1. The predicted molar refractivity (Wildman–Crippen MR) is 156 cm³/mol. The van der Waals surface area contributed by atoms with Crippen LogP contribution in [0.15, 0.2) is 59.5 Å². The van der Waals surface area contributed by atoms with Crippen LogP contribution in [-0.4, -0.2) is 89.3 Å². The maximum absolute atomic E-state index is 13.1. The lowest BCUT2D eigenvalue weighted by molar-refractivity contribution is -0.193. The fraction of sp³-hybridized carbons (Fsp3) is 0.379. The lowest BCUT2D eigenvalue weighted by Crippen LogP contribution is -2.51. The van der Waals surface area contributed by atoms with E-state index in [9.17, 15) is 39.6 Å². The zero-order chi connectivity index (χ0) is 36.4. The number of alkyl halides is 6. The van der Waals surface area contributed by atoms with Crippen LogP contribution >= 0.6 is 0 Å². The highest BCUT2D eigenvalue weighted by Gasteiger charge is 2.39. The highest BCUT2D eigenvalue weighted by atomic mass is 32.2. The van der Waals surface area contributed by atoms with Crippen molar-refractivity contribution in [1.82, 2.24) is 15.4 Å². The molecule has 1 amide bonds. The SMILES string of the molecule is Cc1cc(COc2ccc(S(=O)(=O)C[C@H]3[C@@H](C(=O)NO)CCCN3C)cc2)c2ccccc2n1.O=C(O)C(F)(F)F.O=C(O)C(F)(F)F. The minimum absolute atomic E-state index is 0.173.